The van der Waals surface area contributed by atoms with Gasteiger partial charge in [-0.1, -0.05) is 30.3 Å². The van der Waals surface area contributed by atoms with Crippen LogP contribution in [-0.4, -0.2) is 47.7 Å². The van der Waals surface area contributed by atoms with E-state index in [0.29, 0.717) is 12.6 Å². The van der Waals surface area contributed by atoms with Crippen molar-refractivity contribution in [2.24, 2.45) is 0 Å². The lowest BCUT2D eigenvalue weighted by molar-refractivity contribution is 0.314. The Balaban J connectivity index is 0.00000218. The van der Waals surface area contributed by atoms with E-state index in [-0.39, 0.29) is 12.4 Å². The van der Waals surface area contributed by atoms with Gasteiger partial charge >= 0.3 is 6.01 Å². The SMILES string of the molecule is CCOc1nc(N2CCNCC2)c2sc3nc(-c4ccccc4)cc(C)c3c2n1.Cl. The van der Waals surface area contributed by atoms with E-state index in [1.165, 1.54) is 5.56 Å². The van der Waals surface area contributed by atoms with Crippen molar-refractivity contribution in [2.45, 2.75) is 13.8 Å². The number of anilines is 1. The molecule has 0 aliphatic carbocycles. The summed E-state index contributed by atoms with van der Waals surface area (Å²) in [5.41, 5.74) is 4.23. The fraction of sp³-hybridized carbons (Fsp3) is 0.318. The third-order valence-corrected chi connectivity index (χ3v) is 6.27. The number of benzene rings is 1. The topological polar surface area (TPSA) is 63.2 Å². The van der Waals surface area contributed by atoms with Crippen LogP contribution in [0.25, 0.3) is 31.7 Å². The van der Waals surface area contributed by atoms with E-state index in [1.807, 2.05) is 25.1 Å². The molecule has 1 N–H and O–H groups in total. The predicted octanol–water partition coefficient (Wildman–Crippen LogP) is 4.45. The summed E-state index contributed by atoms with van der Waals surface area (Å²) >= 11 is 1.68. The Kier molecular flexibility index (Phi) is 6.04. The maximum Gasteiger partial charge on any atom is 0.319 e. The third kappa shape index (κ3) is 3.69. The van der Waals surface area contributed by atoms with Gasteiger partial charge in [-0.15, -0.1) is 23.7 Å². The number of thiophene rings is 1. The molecule has 4 heterocycles. The van der Waals surface area contributed by atoms with E-state index < -0.39 is 0 Å². The third-order valence-electron chi connectivity index (χ3n) is 5.21. The molecule has 1 aliphatic rings. The Morgan fingerprint density at radius 2 is 1.87 bits per heavy atom. The normalized spacial score (nSPS) is 14.1. The maximum absolute atomic E-state index is 5.72. The molecule has 0 amide bonds. The van der Waals surface area contributed by atoms with Crippen LogP contribution in [-0.2, 0) is 0 Å². The first-order valence-corrected chi connectivity index (χ1v) is 10.8. The molecule has 30 heavy (non-hydrogen) atoms. The van der Waals surface area contributed by atoms with Gasteiger partial charge in [0.1, 0.15) is 10.3 Å². The van der Waals surface area contributed by atoms with E-state index in [1.54, 1.807) is 11.3 Å². The van der Waals surface area contributed by atoms with Crippen LogP contribution in [0, 0.1) is 6.92 Å². The van der Waals surface area contributed by atoms with E-state index >= 15 is 0 Å². The summed E-state index contributed by atoms with van der Waals surface area (Å²) in [7, 11) is 0. The summed E-state index contributed by atoms with van der Waals surface area (Å²) in [6, 6.07) is 12.9. The van der Waals surface area contributed by atoms with Crippen LogP contribution in [0.2, 0.25) is 0 Å². The number of aryl methyl sites for hydroxylation is 1. The minimum atomic E-state index is 0. The summed E-state index contributed by atoms with van der Waals surface area (Å²) in [5.74, 6) is 0.962. The number of aromatic nitrogens is 3. The van der Waals surface area contributed by atoms with E-state index in [9.17, 15) is 0 Å². The van der Waals surface area contributed by atoms with Gasteiger partial charge in [-0.2, -0.15) is 9.97 Å². The molecule has 0 unspecified atom stereocenters. The lowest BCUT2D eigenvalue weighted by atomic mass is 10.1. The molecule has 0 bridgehead atoms. The van der Waals surface area contributed by atoms with Crippen LogP contribution >= 0.6 is 23.7 Å². The lowest BCUT2D eigenvalue weighted by Crippen LogP contribution is -2.44. The summed E-state index contributed by atoms with van der Waals surface area (Å²) in [4.78, 5) is 17.8. The molecule has 1 aliphatic heterocycles. The number of rotatable bonds is 4. The number of hydrogen-bond acceptors (Lipinski definition) is 7. The number of fused-ring (bicyclic) bond motifs is 3. The van der Waals surface area contributed by atoms with Gasteiger partial charge in [0.05, 0.1) is 17.0 Å². The fourth-order valence-electron chi connectivity index (χ4n) is 3.83. The number of piperazine rings is 1. The van der Waals surface area contributed by atoms with Crippen molar-refractivity contribution in [3.8, 4) is 17.3 Å². The first-order chi connectivity index (χ1) is 14.2. The molecule has 156 valence electrons. The van der Waals surface area contributed by atoms with Crippen molar-refractivity contribution >= 4 is 50.0 Å². The van der Waals surface area contributed by atoms with Crippen LogP contribution in [0.1, 0.15) is 12.5 Å². The highest BCUT2D eigenvalue weighted by atomic mass is 35.5. The molecule has 8 heteroatoms. The molecule has 6 nitrogen and oxygen atoms in total. The zero-order chi connectivity index (χ0) is 19.8. The zero-order valence-electron chi connectivity index (χ0n) is 17.0. The number of hydrogen-bond donors (Lipinski definition) is 1. The van der Waals surface area contributed by atoms with Gasteiger partial charge in [-0.05, 0) is 25.5 Å². The van der Waals surface area contributed by atoms with Crippen molar-refractivity contribution in [2.75, 3.05) is 37.7 Å². The number of nitrogens with one attached hydrogen (secondary N) is 1. The minimum Gasteiger partial charge on any atom is -0.464 e. The van der Waals surface area contributed by atoms with Gasteiger partial charge in [-0.25, -0.2) is 4.98 Å². The predicted molar refractivity (Wildman–Crippen MR) is 126 cm³/mol. The first kappa shape index (κ1) is 20.8. The lowest BCUT2D eigenvalue weighted by Gasteiger charge is -2.28. The van der Waals surface area contributed by atoms with Crippen molar-refractivity contribution < 1.29 is 4.74 Å². The van der Waals surface area contributed by atoms with Gasteiger partial charge in [-0.3, -0.25) is 0 Å². The summed E-state index contributed by atoms with van der Waals surface area (Å²) < 4.78 is 6.81. The Bertz CT molecular complexity index is 1170. The molecule has 3 aromatic heterocycles. The summed E-state index contributed by atoms with van der Waals surface area (Å²) in [5, 5.41) is 4.51. The molecule has 0 radical (unpaired) electrons. The van der Waals surface area contributed by atoms with Gasteiger partial charge in [0.15, 0.2) is 5.82 Å². The van der Waals surface area contributed by atoms with Gasteiger partial charge in [0, 0.05) is 37.1 Å². The zero-order valence-corrected chi connectivity index (χ0v) is 18.6. The van der Waals surface area contributed by atoms with E-state index in [4.69, 9.17) is 19.7 Å². The van der Waals surface area contributed by atoms with Gasteiger partial charge in [0.2, 0.25) is 0 Å². The van der Waals surface area contributed by atoms with Crippen molar-refractivity contribution in [1.29, 1.82) is 0 Å². The van der Waals surface area contributed by atoms with Crippen molar-refractivity contribution in [3.63, 3.8) is 0 Å². The molecule has 0 saturated carbocycles. The molecule has 1 aromatic carbocycles. The molecular weight excluding hydrogens is 418 g/mol. The van der Waals surface area contributed by atoms with Crippen molar-refractivity contribution in [1.82, 2.24) is 20.3 Å². The molecule has 1 saturated heterocycles. The highest BCUT2D eigenvalue weighted by Gasteiger charge is 2.22. The quantitative estimate of drug-likeness (QED) is 0.505. The number of ether oxygens (including phenoxy) is 1. The van der Waals surface area contributed by atoms with Crippen LogP contribution in [0.5, 0.6) is 6.01 Å². The second-order valence-electron chi connectivity index (χ2n) is 7.15. The molecular formula is C22H24ClN5OS. The fourth-order valence-corrected chi connectivity index (χ4v) is 5.03. The van der Waals surface area contributed by atoms with Crippen LogP contribution < -0.4 is 15.0 Å². The summed E-state index contributed by atoms with van der Waals surface area (Å²) in [6.07, 6.45) is 0. The van der Waals surface area contributed by atoms with Gasteiger partial charge in [0.25, 0.3) is 0 Å². The highest BCUT2D eigenvalue weighted by Crippen LogP contribution is 2.40. The molecule has 4 aromatic rings. The minimum absolute atomic E-state index is 0. The first-order valence-electron chi connectivity index (χ1n) is 10.0. The second-order valence-corrected chi connectivity index (χ2v) is 8.15. The molecule has 1 fully saturated rings. The highest BCUT2D eigenvalue weighted by molar-refractivity contribution is 7.26. The monoisotopic (exact) mass is 441 g/mol. The average Bonchev–Trinajstić information content (AvgIpc) is 3.13. The van der Waals surface area contributed by atoms with Gasteiger partial charge < -0.3 is 15.0 Å². The smallest absolute Gasteiger partial charge is 0.319 e. The van der Waals surface area contributed by atoms with Crippen LogP contribution in [0.3, 0.4) is 0 Å². The van der Waals surface area contributed by atoms with Crippen LogP contribution in [0.4, 0.5) is 5.82 Å². The second kappa shape index (κ2) is 8.71. The van der Waals surface area contributed by atoms with E-state index in [2.05, 4.69) is 35.3 Å². The molecule has 0 spiro atoms. The largest absolute Gasteiger partial charge is 0.464 e. The van der Waals surface area contributed by atoms with E-state index in [0.717, 1.165) is 63.7 Å². The Hall–Kier alpha value is -2.48. The molecule has 0 atom stereocenters. The number of nitrogens with zero attached hydrogens (tertiary/aromatic N) is 4. The Morgan fingerprint density at radius 3 is 2.60 bits per heavy atom. The summed E-state index contributed by atoms with van der Waals surface area (Å²) in [6.45, 7) is 8.40. The van der Waals surface area contributed by atoms with Crippen LogP contribution in [0.15, 0.2) is 36.4 Å². The number of pyridine rings is 1. The maximum atomic E-state index is 5.72. The number of halogens is 1. The average molecular weight is 442 g/mol. The Labute approximate surface area is 185 Å². The Morgan fingerprint density at radius 1 is 1.10 bits per heavy atom. The molecule has 5 rings (SSSR count). The van der Waals surface area contributed by atoms with Crippen molar-refractivity contribution in [3.05, 3.63) is 42.0 Å². The standard InChI is InChI=1S/C22H23N5OS.ClH/c1-3-28-22-25-18-17-14(2)13-16(15-7-5-4-6-8-15)24-21(17)29-19(18)20(26-22)27-11-9-23-10-12-27;/h4-8,13,23H,3,9-12H2,1-2H3;1H.